The Morgan fingerprint density at radius 1 is 0.966 bits per heavy atom. The second-order valence-electron chi connectivity index (χ2n) is 6.59. The zero-order valence-electron chi connectivity index (χ0n) is 16.2. The summed E-state index contributed by atoms with van der Waals surface area (Å²) >= 11 is 0. The molecule has 1 heterocycles. The Hall–Kier alpha value is -3.81. The van der Waals surface area contributed by atoms with Crippen LogP contribution in [0.5, 0.6) is 0 Å². The molecular formula is C21H23N5O3. The Bertz CT molecular complexity index is 1030. The van der Waals surface area contributed by atoms with E-state index in [9.17, 15) is 14.4 Å². The van der Waals surface area contributed by atoms with Crippen molar-refractivity contribution < 1.29 is 14.4 Å². The maximum Gasteiger partial charge on any atom is 0.318 e. The highest BCUT2D eigenvalue weighted by molar-refractivity contribution is 5.98. The van der Waals surface area contributed by atoms with Gasteiger partial charge in [-0.2, -0.15) is 0 Å². The first-order valence-electron chi connectivity index (χ1n) is 9.18. The lowest BCUT2D eigenvalue weighted by atomic mass is 10.0. The van der Waals surface area contributed by atoms with Gasteiger partial charge in [-0.05, 0) is 35.9 Å². The van der Waals surface area contributed by atoms with E-state index in [1.807, 2.05) is 30.5 Å². The quantitative estimate of drug-likeness (QED) is 0.443. The average molecular weight is 393 g/mol. The van der Waals surface area contributed by atoms with Crippen molar-refractivity contribution in [1.82, 2.24) is 15.6 Å². The van der Waals surface area contributed by atoms with Crippen LogP contribution in [0.3, 0.4) is 0 Å². The van der Waals surface area contributed by atoms with E-state index in [1.165, 1.54) is 14.0 Å². The molecule has 0 saturated heterocycles. The van der Waals surface area contributed by atoms with Crippen molar-refractivity contribution in [1.29, 1.82) is 0 Å². The Kier molecular flexibility index (Phi) is 6.13. The number of fused-ring (bicyclic) bond motifs is 1. The molecule has 0 spiro atoms. The van der Waals surface area contributed by atoms with Gasteiger partial charge in [-0.1, -0.05) is 18.2 Å². The average Bonchev–Trinajstić information content (AvgIpc) is 3.11. The van der Waals surface area contributed by atoms with Gasteiger partial charge in [-0.15, -0.1) is 0 Å². The summed E-state index contributed by atoms with van der Waals surface area (Å²) in [6.07, 6.45) is 2.21. The number of aromatic amines is 1. The zero-order valence-corrected chi connectivity index (χ0v) is 16.2. The molecule has 0 bridgehead atoms. The molecule has 0 saturated carbocycles. The summed E-state index contributed by atoms with van der Waals surface area (Å²) in [6.45, 7) is 1.38. The molecule has 5 N–H and O–H groups in total. The van der Waals surface area contributed by atoms with Gasteiger partial charge in [0.15, 0.2) is 0 Å². The molecule has 3 rings (SSSR count). The van der Waals surface area contributed by atoms with Crippen molar-refractivity contribution in [2.75, 3.05) is 17.7 Å². The minimum atomic E-state index is -0.727. The normalized spacial score (nSPS) is 11.5. The van der Waals surface area contributed by atoms with Gasteiger partial charge in [0.2, 0.25) is 11.8 Å². The fourth-order valence-electron chi connectivity index (χ4n) is 3.03. The predicted octanol–water partition coefficient (Wildman–Crippen LogP) is 2.61. The molecule has 1 atom stereocenters. The van der Waals surface area contributed by atoms with Crippen molar-refractivity contribution in [3.63, 3.8) is 0 Å². The van der Waals surface area contributed by atoms with Crippen molar-refractivity contribution >= 4 is 40.1 Å². The van der Waals surface area contributed by atoms with Gasteiger partial charge in [-0.3, -0.25) is 9.59 Å². The first-order chi connectivity index (χ1) is 14.0. The first kappa shape index (κ1) is 19.9. The monoisotopic (exact) mass is 393 g/mol. The number of hydrogen-bond donors (Lipinski definition) is 5. The molecule has 0 fully saturated rings. The fraction of sp³-hybridized carbons (Fsp3) is 0.190. The first-order valence-corrected chi connectivity index (χ1v) is 9.18. The van der Waals surface area contributed by atoms with Gasteiger partial charge < -0.3 is 26.3 Å². The lowest BCUT2D eigenvalue weighted by molar-refractivity contribution is -0.125. The second-order valence-corrected chi connectivity index (χ2v) is 6.59. The summed E-state index contributed by atoms with van der Waals surface area (Å²) in [5.41, 5.74) is 3.08. The summed E-state index contributed by atoms with van der Waals surface area (Å²) in [5.74, 6) is -0.604. The molecule has 3 aromatic rings. The minimum absolute atomic E-state index is 0.282. The van der Waals surface area contributed by atoms with E-state index in [2.05, 4.69) is 26.3 Å². The lowest BCUT2D eigenvalue weighted by Crippen LogP contribution is -2.44. The highest BCUT2D eigenvalue weighted by atomic mass is 16.2. The standard InChI is InChI=1S/C21H23N5O3/c1-13(27)24-19(11-14-12-23-18-6-4-3-5-17(14)18)20(28)25-15-7-9-16(10-8-15)26-21(29)22-2/h3-10,12,19,23H,11H2,1-2H3,(H,24,27)(H,25,28)(H2,22,26,29). The van der Waals surface area contributed by atoms with Gasteiger partial charge in [0.05, 0.1) is 0 Å². The molecule has 8 nitrogen and oxygen atoms in total. The summed E-state index contributed by atoms with van der Waals surface area (Å²) in [4.78, 5) is 39.0. The van der Waals surface area contributed by atoms with Crippen LogP contribution in [-0.2, 0) is 16.0 Å². The molecule has 1 aromatic heterocycles. The van der Waals surface area contributed by atoms with E-state index in [0.29, 0.717) is 17.8 Å². The van der Waals surface area contributed by atoms with Crippen LogP contribution in [0, 0.1) is 0 Å². The Labute approximate surface area is 168 Å². The number of anilines is 2. The number of H-pyrrole nitrogens is 1. The summed E-state index contributed by atoms with van der Waals surface area (Å²) < 4.78 is 0. The maximum atomic E-state index is 12.8. The van der Waals surface area contributed by atoms with E-state index in [4.69, 9.17) is 0 Å². The highest BCUT2D eigenvalue weighted by Gasteiger charge is 2.21. The molecule has 0 aliphatic heterocycles. The Morgan fingerprint density at radius 2 is 1.62 bits per heavy atom. The summed E-state index contributed by atoms with van der Waals surface area (Å²) in [5, 5.41) is 11.7. The molecule has 2 aromatic carbocycles. The van der Waals surface area contributed by atoms with Crippen LogP contribution in [-0.4, -0.2) is 35.9 Å². The van der Waals surface area contributed by atoms with Crippen LogP contribution < -0.4 is 21.3 Å². The number of carbonyl (C=O) groups excluding carboxylic acids is 3. The zero-order chi connectivity index (χ0) is 20.8. The SMILES string of the molecule is CNC(=O)Nc1ccc(NC(=O)C(Cc2c[nH]c3ccccc23)NC(C)=O)cc1. The number of amides is 4. The van der Waals surface area contributed by atoms with Crippen LogP contribution in [0.15, 0.2) is 54.7 Å². The van der Waals surface area contributed by atoms with Gasteiger partial charge >= 0.3 is 6.03 Å². The highest BCUT2D eigenvalue weighted by Crippen LogP contribution is 2.20. The molecule has 29 heavy (non-hydrogen) atoms. The van der Waals surface area contributed by atoms with Gasteiger partial charge in [0, 0.05) is 48.9 Å². The van der Waals surface area contributed by atoms with E-state index in [0.717, 1.165) is 16.5 Å². The van der Waals surface area contributed by atoms with Gasteiger partial charge in [-0.25, -0.2) is 4.79 Å². The van der Waals surface area contributed by atoms with E-state index < -0.39 is 6.04 Å². The third-order valence-corrected chi connectivity index (χ3v) is 4.43. The largest absolute Gasteiger partial charge is 0.361 e. The number of benzene rings is 2. The summed E-state index contributed by atoms with van der Waals surface area (Å²) in [6, 6.07) is 13.5. The van der Waals surface area contributed by atoms with E-state index >= 15 is 0 Å². The number of carbonyl (C=O) groups is 3. The van der Waals surface area contributed by atoms with Crippen LogP contribution in [0.4, 0.5) is 16.2 Å². The summed E-state index contributed by atoms with van der Waals surface area (Å²) in [7, 11) is 1.53. The minimum Gasteiger partial charge on any atom is -0.361 e. The molecule has 8 heteroatoms. The van der Waals surface area contributed by atoms with E-state index in [1.54, 1.807) is 24.3 Å². The van der Waals surface area contributed by atoms with Crippen LogP contribution in [0.1, 0.15) is 12.5 Å². The van der Waals surface area contributed by atoms with Crippen LogP contribution in [0.2, 0.25) is 0 Å². The number of hydrogen-bond acceptors (Lipinski definition) is 3. The molecule has 0 radical (unpaired) electrons. The van der Waals surface area contributed by atoms with E-state index in [-0.39, 0.29) is 17.8 Å². The second kappa shape index (κ2) is 8.92. The molecule has 0 aliphatic rings. The molecular weight excluding hydrogens is 370 g/mol. The predicted molar refractivity (Wildman–Crippen MR) is 113 cm³/mol. The number of urea groups is 1. The lowest BCUT2D eigenvalue weighted by Gasteiger charge is -2.17. The third kappa shape index (κ3) is 5.13. The maximum absolute atomic E-state index is 12.8. The third-order valence-electron chi connectivity index (χ3n) is 4.43. The van der Waals surface area contributed by atoms with Crippen molar-refractivity contribution in [3.05, 3.63) is 60.3 Å². The number of aromatic nitrogens is 1. The number of para-hydroxylation sites is 1. The van der Waals surface area contributed by atoms with Gasteiger partial charge in [0.25, 0.3) is 0 Å². The van der Waals surface area contributed by atoms with Crippen molar-refractivity contribution in [2.24, 2.45) is 0 Å². The van der Waals surface area contributed by atoms with Gasteiger partial charge in [0.1, 0.15) is 6.04 Å². The topological polar surface area (TPSA) is 115 Å². The van der Waals surface area contributed by atoms with Crippen LogP contribution >= 0.6 is 0 Å². The Morgan fingerprint density at radius 3 is 2.28 bits per heavy atom. The molecule has 0 aliphatic carbocycles. The molecule has 150 valence electrons. The van der Waals surface area contributed by atoms with Crippen molar-refractivity contribution in [2.45, 2.75) is 19.4 Å². The van der Waals surface area contributed by atoms with Crippen LogP contribution in [0.25, 0.3) is 10.9 Å². The molecule has 1 unspecified atom stereocenters. The Balaban J connectivity index is 1.72. The number of nitrogens with one attached hydrogen (secondary N) is 5. The fourth-order valence-corrected chi connectivity index (χ4v) is 3.03. The molecule has 4 amide bonds. The smallest absolute Gasteiger partial charge is 0.318 e. The number of rotatable bonds is 6. The van der Waals surface area contributed by atoms with Crippen molar-refractivity contribution in [3.8, 4) is 0 Å².